The van der Waals surface area contributed by atoms with Gasteiger partial charge in [0.15, 0.2) is 5.69 Å². The quantitative estimate of drug-likeness (QED) is 0.657. The molecule has 1 aromatic heterocycles. The van der Waals surface area contributed by atoms with Crippen LogP contribution in [-0.4, -0.2) is 4.98 Å². The number of rotatable bonds is 0. The molecule has 0 aliphatic rings. The number of nitrogens with one attached hydrogen (secondary N) is 1. The largest absolute Gasteiger partial charge is 0.350 e. The van der Waals surface area contributed by atoms with E-state index < -0.39 is 0 Å². The molecule has 0 fully saturated rings. The summed E-state index contributed by atoms with van der Waals surface area (Å²) in [7, 11) is 0. The van der Waals surface area contributed by atoms with Crippen LogP contribution in [0.1, 0.15) is 0 Å². The zero-order chi connectivity index (χ0) is 8.55. The van der Waals surface area contributed by atoms with E-state index in [9.17, 15) is 0 Å². The number of aromatic nitrogens is 1. The summed E-state index contributed by atoms with van der Waals surface area (Å²) in [4.78, 5) is 6.45. The highest BCUT2D eigenvalue weighted by atomic mass is 79.9. The van der Waals surface area contributed by atoms with Crippen molar-refractivity contribution >= 4 is 32.5 Å². The van der Waals surface area contributed by atoms with Gasteiger partial charge >= 0.3 is 0 Å². The lowest BCUT2D eigenvalue weighted by atomic mass is 10.2. The Kier molecular flexibility index (Phi) is 1.63. The molecule has 1 aromatic carbocycles. The highest BCUT2D eigenvalue weighted by molar-refractivity contribution is 9.10. The van der Waals surface area contributed by atoms with Gasteiger partial charge < -0.3 is 4.98 Å². The van der Waals surface area contributed by atoms with Gasteiger partial charge in [0.25, 0.3) is 0 Å². The molecule has 2 nitrogen and oxygen atoms in total. The molecule has 0 spiro atoms. The van der Waals surface area contributed by atoms with Crippen molar-refractivity contribution in [3.63, 3.8) is 0 Å². The fourth-order valence-electron chi connectivity index (χ4n) is 1.15. The first kappa shape index (κ1) is 7.38. The van der Waals surface area contributed by atoms with E-state index in [4.69, 9.17) is 6.57 Å². The smallest absolute Gasteiger partial charge is 0.189 e. The molecular formula is C9H5BrN2. The van der Waals surface area contributed by atoms with Crippen molar-refractivity contribution in [2.75, 3.05) is 0 Å². The highest BCUT2D eigenvalue weighted by Gasteiger charge is 1.98. The number of aromatic amines is 1. The summed E-state index contributed by atoms with van der Waals surface area (Å²) in [5.74, 6) is 0. The van der Waals surface area contributed by atoms with Crippen molar-refractivity contribution in [2.45, 2.75) is 0 Å². The zero-order valence-electron chi connectivity index (χ0n) is 6.13. The molecule has 0 aliphatic carbocycles. The van der Waals surface area contributed by atoms with Gasteiger partial charge in [-0.1, -0.05) is 12.1 Å². The van der Waals surface area contributed by atoms with E-state index >= 15 is 0 Å². The molecule has 0 aliphatic heterocycles. The van der Waals surface area contributed by atoms with E-state index in [-0.39, 0.29) is 0 Å². The first-order valence-electron chi connectivity index (χ1n) is 3.45. The monoisotopic (exact) mass is 220 g/mol. The van der Waals surface area contributed by atoms with E-state index in [1.807, 2.05) is 24.3 Å². The minimum Gasteiger partial charge on any atom is -0.350 e. The van der Waals surface area contributed by atoms with Gasteiger partial charge in [0.05, 0.1) is 11.2 Å². The van der Waals surface area contributed by atoms with Gasteiger partial charge in [-0.15, -0.1) is 0 Å². The molecule has 0 bridgehead atoms. The lowest BCUT2D eigenvalue weighted by Crippen LogP contribution is -1.65. The summed E-state index contributed by atoms with van der Waals surface area (Å²) in [6.07, 6.45) is 0. The van der Waals surface area contributed by atoms with Crippen LogP contribution >= 0.6 is 15.9 Å². The van der Waals surface area contributed by atoms with Gasteiger partial charge in [-0.05, 0) is 33.4 Å². The minimum atomic E-state index is 0.664. The summed E-state index contributed by atoms with van der Waals surface area (Å²) < 4.78 is 0.944. The normalized spacial score (nSPS) is 10.0. The van der Waals surface area contributed by atoms with Gasteiger partial charge in [-0.2, -0.15) is 0 Å². The summed E-state index contributed by atoms with van der Waals surface area (Å²) in [6, 6.07) is 7.58. The van der Waals surface area contributed by atoms with Crippen LogP contribution in [0.5, 0.6) is 0 Å². The van der Waals surface area contributed by atoms with Crippen LogP contribution in [0.3, 0.4) is 0 Å². The standard InChI is InChI=1S/C9H5BrN2/c1-11-7-3-2-6-4-9(10)12-8(6)5-7/h2-5,12H. The lowest BCUT2D eigenvalue weighted by molar-refractivity contribution is 1.42. The van der Waals surface area contributed by atoms with Gasteiger partial charge in [0, 0.05) is 5.52 Å². The van der Waals surface area contributed by atoms with Crippen LogP contribution in [0.15, 0.2) is 28.9 Å². The molecule has 0 unspecified atom stereocenters. The molecule has 0 amide bonds. The number of hydrogen-bond donors (Lipinski definition) is 1. The molecule has 2 rings (SSSR count). The Morgan fingerprint density at radius 3 is 2.92 bits per heavy atom. The van der Waals surface area contributed by atoms with Gasteiger partial charge in [0.2, 0.25) is 0 Å². The fourth-order valence-corrected chi connectivity index (χ4v) is 1.61. The van der Waals surface area contributed by atoms with E-state index in [1.165, 1.54) is 0 Å². The maximum Gasteiger partial charge on any atom is 0.189 e. The van der Waals surface area contributed by atoms with Crippen molar-refractivity contribution in [2.24, 2.45) is 0 Å². The molecule has 0 saturated heterocycles. The number of fused-ring (bicyclic) bond motifs is 1. The number of H-pyrrole nitrogens is 1. The third kappa shape index (κ3) is 1.10. The number of nitrogens with zero attached hydrogens (tertiary/aromatic N) is 1. The Balaban J connectivity index is 2.77. The SMILES string of the molecule is [C-]#[N+]c1ccc2cc(Br)[nH]c2c1. The predicted octanol–water partition coefficient (Wildman–Crippen LogP) is 3.48. The van der Waals surface area contributed by atoms with Crippen molar-refractivity contribution in [1.82, 2.24) is 4.98 Å². The maximum atomic E-state index is 6.83. The van der Waals surface area contributed by atoms with Gasteiger partial charge in [0.1, 0.15) is 0 Å². The molecule has 1 heterocycles. The molecule has 0 atom stereocenters. The van der Waals surface area contributed by atoms with Crippen molar-refractivity contribution in [1.29, 1.82) is 0 Å². The Morgan fingerprint density at radius 1 is 1.33 bits per heavy atom. The summed E-state index contributed by atoms with van der Waals surface area (Å²) in [5, 5.41) is 1.12. The molecule has 12 heavy (non-hydrogen) atoms. The average Bonchev–Trinajstić information content (AvgIpc) is 2.43. The third-order valence-electron chi connectivity index (χ3n) is 1.70. The van der Waals surface area contributed by atoms with Crippen molar-refractivity contribution in [3.8, 4) is 0 Å². The molecule has 58 valence electrons. The van der Waals surface area contributed by atoms with Crippen molar-refractivity contribution in [3.05, 3.63) is 40.3 Å². The summed E-state index contributed by atoms with van der Waals surface area (Å²) in [5.41, 5.74) is 1.66. The maximum absolute atomic E-state index is 6.83. The second kappa shape index (κ2) is 2.65. The van der Waals surface area contributed by atoms with Crippen LogP contribution < -0.4 is 0 Å². The second-order valence-corrected chi connectivity index (χ2v) is 3.35. The summed E-state index contributed by atoms with van der Waals surface area (Å²) >= 11 is 3.34. The minimum absolute atomic E-state index is 0.664. The number of hydrogen-bond acceptors (Lipinski definition) is 0. The van der Waals surface area contributed by atoms with E-state index in [0.29, 0.717) is 5.69 Å². The van der Waals surface area contributed by atoms with Crippen LogP contribution in [0.2, 0.25) is 0 Å². The molecule has 3 heteroatoms. The van der Waals surface area contributed by atoms with Crippen LogP contribution in [0, 0.1) is 6.57 Å². The van der Waals surface area contributed by atoms with E-state index in [0.717, 1.165) is 15.5 Å². The Bertz CT molecular complexity index is 465. The molecular weight excluding hydrogens is 216 g/mol. The van der Waals surface area contributed by atoms with Gasteiger partial charge in [-0.25, -0.2) is 4.85 Å². The lowest BCUT2D eigenvalue weighted by Gasteiger charge is -1.88. The molecule has 2 aromatic rings. The fraction of sp³-hybridized carbons (Fsp3) is 0. The number of benzene rings is 1. The molecule has 1 N–H and O–H groups in total. The zero-order valence-corrected chi connectivity index (χ0v) is 7.72. The molecule has 0 radical (unpaired) electrons. The Labute approximate surface area is 78.2 Å². The Hall–Kier alpha value is -1.27. The van der Waals surface area contributed by atoms with Crippen LogP contribution in [0.25, 0.3) is 15.7 Å². The average molecular weight is 221 g/mol. The second-order valence-electron chi connectivity index (χ2n) is 2.50. The van der Waals surface area contributed by atoms with E-state index in [1.54, 1.807) is 0 Å². The summed E-state index contributed by atoms with van der Waals surface area (Å²) in [6.45, 7) is 6.83. The van der Waals surface area contributed by atoms with Crippen LogP contribution in [-0.2, 0) is 0 Å². The Morgan fingerprint density at radius 2 is 2.17 bits per heavy atom. The number of halogens is 1. The van der Waals surface area contributed by atoms with Gasteiger partial charge in [-0.3, -0.25) is 0 Å². The van der Waals surface area contributed by atoms with Crippen LogP contribution in [0.4, 0.5) is 5.69 Å². The third-order valence-corrected chi connectivity index (χ3v) is 2.13. The van der Waals surface area contributed by atoms with Crippen molar-refractivity contribution < 1.29 is 0 Å². The predicted molar refractivity (Wildman–Crippen MR) is 52.3 cm³/mol. The topological polar surface area (TPSA) is 20.1 Å². The highest BCUT2D eigenvalue weighted by Crippen LogP contribution is 2.23. The first-order valence-corrected chi connectivity index (χ1v) is 4.24. The molecule has 0 saturated carbocycles. The first-order chi connectivity index (χ1) is 5.79. The van der Waals surface area contributed by atoms with E-state index in [2.05, 4.69) is 25.8 Å².